The third-order valence-corrected chi connectivity index (χ3v) is 3.78. The number of benzene rings is 2. The van der Waals surface area contributed by atoms with Gasteiger partial charge in [0.15, 0.2) is 5.11 Å². The first-order valence-corrected chi connectivity index (χ1v) is 7.51. The Labute approximate surface area is 142 Å². The van der Waals surface area contributed by atoms with Gasteiger partial charge in [-0.25, -0.2) is 8.78 Å². The first kappa shape index (κ1) is 16.9. The smallest absolute Gasteiger partial charge is 0.166 e. The van der Waals surface area contributed by atoms with Gasteiger partial charge in [-0.05, 0) is 48.1 Å². The molecule has 7 heteroatoms. The summed E-state index contributed by atoms with van der Waals surface area (Å²) in [5.41, 5.74) is 1.03. The van der Waals surface area contributed by atoms with Crippen LogP contribution in [0.1, 0.15) is 11.1 Å². The highest BCUT2D eigenvalue weighted by Gasteiger charge is 2.06. The summed E-state index contributed by atoms with van der Waals surface area (Å²) in [6.07, 6.45) is 0. The molecule has 0 aliphatic heterocycles. The first-order chi connectivity index (χ1) is 10.5. The van der Waals surface area contributed by atoms with Gasteiger partial charge in [-0.3, -0.25) is 0 Å². The molecule has 0 bridgehead atoms. The van der Waals surface area contributed by atoms with E-state index in [1.54, 1.807) is 18.2 Å². The molecule has 0 saturated heterocycles. The minimum atomic E-state index is -0.495. The van der Waals surface area contributed by atoms with Crippen LogP contribution in [0.3, 0.4) is 0 Å². The minimum absolute atomic E-state index is 0.0871. The maximum atomic E-state index is 13.5. The second-order valence-corrected chi connectivity index (χ2v) is 5.76. The number of hydrogen-bond acceptors (Lipinski definition) is 1. The molecule has 0 saturated carbocycles. The summed E-state index contributed by atoms with van der Waals surface area (Å²) in [5, 5.41) is 7.15. The Morgan fingerprint density at radius 2 is 1.64 bits per heavy atom. The van der Waals surface area contributed by atoms with Crippen molar-refractivity contribution in [1.82, 2.24) is 10.6 Å². The normalized spacial score (nSPS) is 10.4. The average Bonchev–Trinajstić information content (AvgIpc) is 2.47. The molecule has 0 aliphatic rings. The fourth-order valence-electron chi connectivity index (χ4n) is 1.76. The fraction of sp³-hybridized carbons (Fsp3) is 0.133. The third-order valence-electron chi connectivity index (χ3n) is 2.90. The van der Waals surface area contributed by atoms with Crippen LogP contribution in [0.15, 0.2) is 36.4 Å². The lowest BCUT2D eigenvalue weighted by Crippen LogP contribution is -2.34. The minimum Gasteiger partial charge on any atom is -0.359 e. The van der Waals surface area contributed by atoms with Crippen LogP contribution >= 0.6 is 35.4 Å². The SMILES string of the molecule is Fc1ccc(F)c(CNC(=S)NCc2ccc(Cl)cc2Cl)c1. The Kier molecular flexibility index (Phi) is 5.94. The summed E-state index contributed by atoms with van der Waals surface area (Å²) in [6, 6.07) is 8.42. The molecule has 116 valence electrons. The lowest BCUT2D eigenvalue weighted by Gasteiger charge is -2.12. The van der Waals surface area contributed by atoms with E-state index in [9.17, 15) is 8.78 Å². The molecule has 0 aromatic heterocycles. The Bertz CT molecular complexity index is 695. The summed E-state index contributed by atoms with van der Waals surface area (Å²) in [5.74, 6) is -0.984. The molecule has 2 N–H and O–H groups in total. The Morgan fingerprint density at radius 3 is 2.32 bits per heavy atom. The van der Waals surface area contributed by atoms with E-state index in [2.05, 4.69) is 10.6 Å². The van der Waals surface area contributed by atoms with Gasteiger partial charge in [0.25, 0.3) is 0 Å². The largest absolute Gasteiger partial charge is 0.359 e. The van der Waals surface area contributed by atoms with Crippen LogP contribution in [-0.2, 0) is 13.1 Å². The van der Waals surface area contributed by atoms with Crippen LogP contribution in [-0.4, -0.2) is 5.11 Å². The van der Waals surface area contributed by atoms with Crippen LogP contribution in [0.4, 0.5) is 8.78 Å². The Morgan fingerprint density at radius 1 is 0.955 bits per heavy atom. The predicted octanol–water partition coefficient (Wildman–Crippen LogP) is 4.44. The van der Waals surface area contributed by atoms with Crippen LogP contribution in [0, 0.1) is 11.6 Å². The maximum Gasteiger partial charge on any atom is 0.166 e. The summed E-state index contributed by atoms with van der Waals surface area (Å²) < 4.78 is 26.5. The molecule has 0 unspecified atom stereocenters. The van der Waals surface area contributed by atoms with Crippen LogP contribution in [0.2, 0.25) is 10.0 Å². The second-order valence-electron chi connectivity index (χ2n) is 4.51. The van der Waals surface area contributed by atoms with E-state index in [-0.39, 0.29) is 12.1 Å². The van der Waals surface area contributed by atoms with Gasteiger partial charge in [-0.1, -0.05) is 29.3 Å². The van der Waals surface area contributed by atoms with E-state index in [1.807, 2.05) is 0 Å². The van der Waals surface area contributed by atoms with Crippen LogP contribution in [0.5, 0.6) is 0 Å². The van der Waals surface area contributed by atoms with Crippen molar-refractivity contribution >= 4 is 40.5 Å². The van der Waals surface area contributed by atoms with Gasteiger partial charge in [-0.2, -0.15) is 0 Å². The van der Waals surface area contributed by atoms with Gasteiger partial charge in [-0.15, -0.1) is 0 Å². The highest BCUT2D eigenvalue weighted by Crippen LogP contribution is 2.20. The molecule has 2 nitrogen and oxygen atoms in total. The summed E-state index contributed by atoms with van der Waals surface area (Å²) >= 11 is 17.0. The van der Waals surface area contributed by atoms with Crippen LogP contribution in [0.25, 0.3) is 0 Å². The van der Waals surface area contributed by atoms with Crippen LogP contribution < -0.4 is 10.6 Å². The van der Waals surface area contributed by atoms with E-state index in [4.69, 9.17) is 35.4 Å². The maximum absolute atomic E-state index is 13.5. The van der Waals surface area contributed by atoms with Gasteiger partial charge in [0.1, 0.15) is 11.6 Å². The van der Waals surface area contributed by atoms with Gasteiger partial charge in [0.05, 0.1) is 0 Å². The number of thiocarbonyl (C=S) groups is 1. The quantitative estimate of drug-likeness (QED) is 0.788. The number of hydrogen-bond donors (Lipinski definition) is 2. The van der Waals surface area contributed by atoms with Crippen molar-refractivity contribution in [2.45, 2.75) is 13.1 Å². The standard InChI is InChI=1S/C15H12Cl2F2N2S/c16-11-2-1-9(13(17)6-11)7-20-15(22)21-8-10-5-12(18)3-4-14(10)19/h1-6H,7-8H2,(H2,20,21,22). The Hall–Kier alpha value is -1.43. The van der Waals surface area contributed by atoms with E-state index < -0.39 is 11.6 Å². The van der Waals surface area contributed by atoms with E-state index >= 15 is 0 Å². The van der Waals surface area contributed by atoms with Crippen molar-refractivity contribution in [3.8, 4) is 0 Å². The molecule has 0 fully saturated rings. The third kappa shape index (κ3) is 4.80. The topological polar surface area (TPSA) is 24.1 Å². The molecular formula is C15H12Cl2F2N2S. The van der Waals surface area contributed by atoms with Crippen molar-refractivity contribution < 1.29 is 8.78 Å². The summed E-state index contributed by atoms with van der Waals surface area (Å²) in [4.78, 5) is 0. The molecule has 0 heterocycles. The number of nitrogens with one attached hydrogen (secondary N) is 2. The van der Waals surface area contributed by atoms with E-state index in [1.165, 1.54) is 0 Å². The molecule has 2 aromatic rings. The van der Waals surface area contributed by atoms with Crippen molar-refractivity contribution in [3.05, 3.63) is 69.2 Å². The van der Waals surface area contributed by atoms with Crippen molar-refractivity contribution in [2.24, 2.45) is 0 Å². The molecule has 22 heavy (non-hydrogen) atoms. The van der Waals surface area contributed by atoms with Gasteiger partial charge in [0, 0.05) is 28.7 Å². The molecule has 0 spiro atoms. The van der Waals surface area contributed by atoms with E-state index in [0.29, 0.717) is 21.7 Å². The number of rotatable bonds is 4. The Balaban J connectivity index is 1.87. The monoisotopic (exact) mass is 360 g/mol. The molecular weight excluding hydrogens is 349 g/mol. The molecule has 0 atom stereocenters. The lowest BCUT2D eigenvalue weighted by atomic mass is 10.2. The molecule has 2 rings (SSSR count). The lowest BCUT2D eigenvalue weighted by molar-refractivity contribution is 0.581. The van der Waals surface area contributed by atoms with Gasteiger partial charge in [0.2, 0.25) is 0 Å². The molecule has 0 radical (unpaired) electrons. The zero-order valence-electron chi connectivity index (χ0n) is 11.3. The van der Waals surface area contributed by atoms with E-state index in [0.717, 1.165) is 23.8 Å². The summed E-state index contributed by atoms with van der Waals surface area (Å²) in [7, 11) is 0. The fourth-order valence-corrected chi connectivity index (χ4v) is 2.38. The predicted molar refractivity (Wildman–Crippen MR) is 89.1 cm³/mol. The van der Waals surface area contributed by atoms with Crippen molar-refractivity contribution in [2.75, 3.05) is 0 Å². The van der Waals surface area contributed by atoms with Crippen molar-refractivity contribution in [1.29, 1.82) is 0 Å². The highest BCUT2D eigenvalue weighted by atomic mass is 35.5. The molecule has 0 aliphatic carbocycles. The number of halogens is 4. The highest BCUT2D eigenvalue weighted by molar-refractivity contribution is 7.80. The summed E-state index contributed by atoms with van der Waals surface area (Å²) in [6.45, 7) is 0.483. The van der Waals surface area contributed by atoms with Gasteiger partial charge >= 0.3 is 0 Å². The first-order valence-electron chi connectivity index (χ1n) is 6.35. The average molecular weight is 361 g/mol. The van der Waals surface area contributed by atoms with Crippen molar-refractivity contribution in [3.63, 3.8) is 0 Å². The molecule has 2 aromatic carbocycles. The zero-order chi connectivity index (χ0) is 16.1. The molecule has 0 amide bonds. The zero-order valence-corrected chi connectivity index (χ0v) is 13.6. The van der Waals surface area contributed by atoms with Gasteiger partial charge < -0.3 is 10.6 Å². The second kappa shape index (κ2) is 7.72.